The molecule has 0 aliphatic carbocycles. The fraction of sp³-hybridized carbons (Fsp3) is 0.385. The number of halogens is 1. The Balaban J connectivity index is 2.26. The number of nitriles is 1. The van der Waals surface area contributed by atoms with Crippen LogP contribution in [0.1, 0.15) is 19.3 Å². The summed E-state index contributed by atoms with van der Waals surface area (Å²) < 4.78 is 0. The molecule has 94 valence electrons. The zero-order valence-electron chi connectivity index (χ0n) is 9.95. The number of rotatable bonds is 3. The number of carbonyl (C=O) groups excluding carboxylic acids is 1. The van der Waals surface area contributed by atoms with E-state index in [1.807, 2.05) is 18.2 Å². The Hall–Kier alpha value is -1.73. The van der Waals surface area contributed by atoms with Crippen LogP contribution in [-0.2, 0) is 4.79 Å². The summed E-state index contributed by atoms with van der Waals surface area (Å²) in [6.45, 7) is 1.90. The third kappa shape index (κ3) is 2.74. The second kappa shape index (κ2) is 5.74. The molecule has 1 fully saturated rings. The van der Waals surface area contributed by atoms with Crippen molar-refractivity contribution in [3.63, 3.8) is 0 Å². The number of para-hydroxylation sites is 1. The van der Waals surface area contributed by atoms with Gasteiger partial charge >= 0.3 is 0 Å². The van der Waals surface area contributed by atoms with Crippen LogP contribution in [0, 0.1) is 11.3 Å². The Morgan fingerprint density at radius 2 is 2.17 bits per heavy atom. The first-order valence-corrected chi connectivity index (χ1v) is 6.30. The minimum Gasteiger partial charge on any atom is -0.369 e. The molecule has 5 heteroatoms. The van der Waals surface area contributed by atoms with Gasteiger partial charge in [0.1, 0.15) is 6.42 Å². The lowest BCUT2D eigenvalue weighted by Gasteiger charge is -2.22. The van der Waals surface area contributed by atoms with Gasteiger partial charge in [0.25, 0.3) is 0 Å². The topological polar surface area (TPSA) is 56.1 Å². The minimum absolute atomic E-state index is 0.147. The van der Waals surface area contributed by atoms with E-state index in [-0.39, 0.29) is 12.3 Å². The van der Waals surface area contributed by atoms with Gasteiger partial charge in [-0.15, -0.1) is 0 Å². The highest BCUT2D eigenvalue weighted by molar-refractivity contribution is 6.34. The molecule has 4 nitrogen and oxygen atoms in total. The van der Waals surface area contributed by atoms with Gasteiger partial charge in [0.2, 0.25) is 5.91 Å². The lowest BCUT2D eigenvalue weighted by Crippen LogP contribution is -2.21. The lowest BCUT2D eigenvalue weighted by atomic mass is 10.2. The van der Waals surface area contributed by atoms with Gasteiger partial charge in [-0.2, -0.15) is 5.26 Å². The van der Waals surface area contributed by atoms with Gasteiger partial charge in [-0.3, -0.25) is 4.79 Å². The van der Waals surface area contributed by atoms with E-state index in [1.54, 1.807) is 6.07 Å². The largest absolute Gasteiger partial charge is 0.369 e. The van der Waals surface area contributed by atoms with Crippen LogP contribution in [0.5, 0.6) is 0 Å². The summed E-state index contributed by atoms with van der Waals surface area (Å²) in [5.41, 5.74) is 1.55. The summed E-state index contributed by atoms with van der Waals surface area (Å²) in [5, 5.41) is 11.9. The molecule has 0 unspecified atom stereocenters. The second-order valence-corrected chi connectivity index (χ2v) is 4.62. The van der Waals surface area contributed by atoms with Crippen molar-refractivity contribution in [1.29, 1.82) is 5.26 Å². The number of hydrogen-bond donors (Lipinski definition) is 1. The first kappa shape index (κ1) is 12.7. The van der Waals surface area contributed by atoms with Crippen molar-refractivity contribution >= 4 is 28.9 Å². The number of nitrogens with one attached hydrogen (secondary N) is 1. The van der Waals surface area contributed by atoms with Crippen LogP contribution in [0.2, 0.25) is 5.02 Å². The monoisotopic (exact) mass is 263 g/mol. The highest BCUT2D eigenvalue weighted by atomic mass is 35.5. The molecule has 0 saturated carbocycles. The lowest BCUT2D eigenvalue weighted by molar-refractivity contribution is -0.115. The van der Waals surface area contributed by atoms with Crippen molar-refractivity contribution in [2.45, 2.75) is 19.3 Å². The van der Waals surface area contributed by atoms with E-state index in [9.17, 15) is 4.79 Å². The smallest absolute Gasteiger partial charge is 0.238 e. The van der Waals surface area contributed by atoms with Crippen LogP contribution in [-0.4, -0.2) is 19.0 Å². The summed E-state index contributed by atoms with van der Waals surface area (Å²) in [6.07, 6.45) is 2.12. The van der Waals surface area contributed by atoms with E-state index < -0.39 is 0 Å². The number of amides is 1. The van der Waals surface area contributed by atoms with Crippen LogP contribution in [0.4, 0.5) is 11.4 Å². The van der Waals surface area contributed by atoms with Gasteiger partial charge in [-0.25, -0.2) is 0 Å². The van der Waals surface area contributed by atoms with E-state index in [0.717, 1.165) is 31.6 Å². The third-order valence-electron chi connectivity index (χ3n) is 2.92. The molecule has 0 aromatic heterocycles. The molecular weight excluding hydrogens is 250 g/mol. The van der Waals surface area contributed by atoms with Crippen molar-refractivity contribution in [1.82, 2.24) is 0 Å². The molecule has 1 aromatic rings. The predicted molar refractivity (Wildman–Crippen MR) is 71.8 cm³/mol. The molecule has 0 radical (unpaired) electrons. The first-order chi connectivity index (χ1) is 8.72. The summed E-state index contributed by atoms with van der Waals surface area (Å²) in [5.74, 6) is -0.305. The molecule has 2 rings (SSSR count). The molecule has 1 heterocycles. The van der Waals surface area contributed by atoms with Crippen LogP contribution in [0.3, 0.4) is 0 Å². The SMILES string of the molecule is N#CCC(=O)Nc1cccc(Cl)c1N1CCCC1. The van der Waals surface area contributed by atoms with Crippen molar-refractivity contribution in [2.75, 3.05) is 23.3 Å². The van der Waals surface area contributed by atoms with Crippen LogP contribution < -0.4 is 10.2 Å². The second-order valence-electron chi connectivity index (χ2n) is 4.21. The first-order valence-electron chi connectivity index (χ1n) is 5.92. The molecule has 1 aliphatic rings. The molecule has 1 amide bonds. The van der Waals surface area contributed by atoms with E-state index in [1.165, 1.54) is 0 Å². The molecular formula is C13H14ClN3O. The number of benzene rings is 1. The number of anilines is 2. The highest BCUT2D eigenvalue weighted by Crippen LogP contribution is 2.35. The van der Waals surface area contributed by atoms with Crippen molar-refractivity contribution < 1.29 is 4.79 Å². The zero-order valence-corrected chi connectivity index (χ0v) is 10.7. The predicted octanol–water partition coefficient (Wildman–Crippen LogP) is 2.79. The maximum absolute atomic E-state index is 11.5. The van der Waals surface area contributed by atoms with Crippen molar-refractivity contribution in [3.8, 4) is 6.07 Å². The van der Waals surface area contributed by atoms with Gasteiger partial charge in [0.05, 0.1) is 22.5 Å². The summed E-state index contributed by atoms with van der Waals surface area (Å²) in [6, 6.07) is 7.26. The van der Waals surface area contributed by atoms with E-state index in [2.05, 4.69) is 10.2 Å². The average molecular weight is 264 g/mol. The van der Waals surface area contributed by atoms with Crippen LogP contribution in [0.15, 0.2) is 18.2 Å². The fourth-order valence-corrected chi connectivity index (χ4v) is 2.44. The van der Waals surface area contributed by atoms with Crippen molar-refractivity contribution in [2.24, 2.45) is 0 Å². The Bertz CT molecular complexity index is 489. The molecule has 0 atom stereocenters. The summed E-state index contributed by atoms with van der Waals surface area (Å²) in [4.78, 5) is 13.7. The maximum Gasteiger partial charge on any atom is 0.238 e. The van der Waals surface area contributed by atoms with Crippen molar-refractivity contribution in [3.05, 3.63) is 23.2 Å². The standard InChI is InChI=1S/C13H14ClN3O/c14-10-4-3-5-11(16-12(18)6-7-15)13(10)17-8-1-2-9-17/h3-5H,1-2,6,8-9H2,(H,16,18). The normalized spacial score (nSPS) is 14.3. The molecule has 1 saturated heterocycles. The van der Waals surface area contributed by atoms with Crippen LogP contribution >= 0.6 is 11.6 Å². The summed E-state index contributed by atoms with van der Waals surface area (Å²) in [7, 11) is 0. The molecule has 0 bridgehead atoms. The Kier molecular flexibility index (Phi) is 4.06. The molecule has 18 heavy (non-hydrogen) atoms. The minimum atomic E-state index is -0.305. The van der Waals surface area contributed by atoms with Gasteiger partial charge in [0, 0.05) is 13.1 Å². The number of hydrogen-bond acceptors (Lipinski definition) is 3. The highest BCUT2D eigenvalue weighted by Gasteiger charge is 2.19. The number of nitrogens with zero attached hydrogens (tertiary/aromatic N) is 2. The number of carbonyl (C=O) groups is 1. The molecule has 1 N–H and O–H groups in total. The van der Waals surface area contributed by atoms with Crippen LogP contribution in [0.25, 0.3) is 0 Å². The van der Waals surface area contributed by atoms with Gasteiger partial charge in [0.15, 0.2) is 0 Å². The molecule has 0 spiro atoms. The van der Waals surface area contributed by atoms with E-state index >= 15 is 0 Å². The Morgan fingerprint density at radius 1 is 1.44 bits per heavy atom. The van der Waals surface area contributed by atoms with Gasteiger partial charge < -0.3 is 10.2 Å². The van der Waals surface area contributed by atoms with Gasteiger partial charge in [-0.1, -0.05) is 17.7 Å². The third-order valence-corrected chi connectivity index (χ3v) is 3.23. The van der Waals surface area contributed by atoms with E-state index in [4.69, 9.17) is 16.9 Å². The summed E-state index contributed by atoms with van der Waals surface area (Å²) >= 11 is 6.21. The maximum atomic E-state index is 11.5. The Labute approximate surface area is 111 Å². The fourth-order valence-electron chi connectivity index (χ4n) is 2.14. The molecule has 1 aliphatic heterocycles. The van der Waals surface area contributed by atoms with E-state index in [0.29, 0.717) is 10.7 Å². The Morgan fingerprint density at radius 3 is 2.83 bits per heavy atom. The zero-order chi connectivity index (χ0) is 13.0. The quantitative estimate of drug-likeness (QED) is 0.912. The van der Waals surface area contributed by atoms with Gasteiger partial charge in [-0.05, 0) is 25.0 Å². The molecule has 1 aromatic carbocycles. The average Bonchev–Trinajstić information content (AvgIpc) is 2.82.